The molecule has 6 nitrogen and oxygen atoms in total. The Morgan fingerprint density at radius 1 is 1.16 bits per heavy atom. The second-order valence-electron chi connectivity index (χ2n) is 8.98. The molecule has 3 aliphatic rings. The molecule has 5 rings (SSSR count). The van der Waals surface area contributed by atoms with Gasteiger partial charge < -0.3 is 15.2 Å². The lowest BCUT2D eigenvalue weighted by Crippen LogP contribution is -2.57. The Morgan fingerprint density at radius 2 is 1.81 bits per heavy atom. The van der Waals surface area contributed by atoms with Crippen LogP contribution in [0.25, 0.3) is 0 Å². The van der Waals surface area contributed by atoms with Gasteiger partial charge in [0.15, 0.2) is 17.5 Å². The van der Waals surface area contributed by atoms with Crippen molar-refractivity contribution >= 4 is 35.0 Å². The van der Waals surface area contributed by atoms with Crippen LogP contribution in [-0.2, 0) is 11.2 Å². The highest BCUT2D eigenvalue weighted by Crippen LogP contribution is 2.54. The van der Waals surface area contributed by atoms with E-state index in [1.165, 1.54) is 0 Å². The summed E-state index contributed by atoms with van der Waals surface area (Å²) in [6, 6.07) is 1.43. The van der Waals surface area contributed by atoms with Crippen molar-refractivity contribution in [1.29, 1.82) is 0 Å². The third-order valence-electron chi connectivity index (χ3n) is 6.37. The molecule has 0 spiro atoms. The smallest absolute Gasteiger partial charge is 0.292 e. The van der Waals surface area contributed by atoms with Gasteiger partial charge in [-0.2, -0.15) is 11.8 Å². The van der Waals surface area contributed by atoms with E-state index in [0.717, 1.165) is 17.9 Å². The summed E-state index contributed by atoms with van der Waals surface area (Å²) in [6.07, 6.45) is 1.44. The van der Waals surface area contributed by atoms with Crippen molar-refractivity contribution in [3.05, 3.63) is 52.1 Å². The zero-order valence-corrected chi connectivity index (χ0v) is 18.2. The van der Waals surface area contributed by atoms with Crippen LogP contribution in [0.3, 0.4) is 0 Å². The highest BCUT2D eigenvalue weighted by atomic mass is 32.2. The maximum Gasteiger partial charge on any atom is 0.292 e. The molecule has 2 unspecified atom stereocenters. The SMILES string of the molecule is Cc1c(C(=O)C(=O)NC2(C)CSC2)c2n(c1C(=O)Nc1cc(F)c(F)c(F)c1)C1CC1C2. The normalized spacial score (nSPS) is 21.9. The Kier molecular flexibility index (Phi) is 4.70. The van der Waals surface area contributed by atoms with Gasteiger partial charge in [0, 0.05) is 41.1 Å². The average Bonchev–Trinajstić information content (AvgIpc) is 3.28. The van der Waals surface area contributed by atoms with Crippen molar-refractivity contribution in [3.63, 3.8) is 0 Å². The van der Waals surface area contributed by atoms with E-state index in [2.05, 4.69) is 10.6 Å². The topological polar surface area (TPSA) is 80.2 Å². The van der Waals surface area contributed by atoms with Gasteiger partial charge in [0.2, 0.25) is 0 Å². The first-order valence-electron chi connectivity index (χ1n) is 10.2. The van der Waals surface area contributed by atoms with E-state index in [9.17, 15) is 27.6 Å². The van der Waals surface area contributed by atoms with E-state index in [4.69, 9.17) is 0 Å². The third-order valence-corrected chi connectivity index (χ3v) is 8.05. The predicted octanol–water partition coefficient (Wildman–Crippen LogP) is 3.39. The van der Waals surface area contributed by atoms with E-state index < -0.39 is 40.6 Å². The Labute approximate surface area is 185 Å². The van der Waals surface area contributed by atoms with E-state index in [1.54, 1.807) is 23.3 Å². The van der Waals surface area contributed by atoms with Crippen molar-refractivity contribution in [3.8, 4) is 0 Å². The maximum absolute atomic E-state index is 13.6. The molecule has 1 aromatic heterocycles. The number of thioether (sulfide) groups is 1. The number of amides is 2. The van der Waals surface area contributed by atoms with Crippen LogP contribution in [0.2, 0.25) is 0 Å². The number of carbonyl (C=O) groups excluding carboxylic acids is 3. The fourth-order valence-electron chi connectivity index (χ4n) is 4.68. The second kappa shape index (κ2) is 7.13. The standard InChI is InChI=1S/C22H20F3N3O3S/c1-9-16(19(29)21(31)27-22(2)7-32-8-22)15-4-10-3-14(10)28(15)18(9)20(30)26-11-5-12(23)17(25)13(24)6-11/h5-6,10,14H,3-4,7-8H2,1-2H3,(H,26,30)(H,27,31). The number of hydrogen-bond donors (Lipinski definition) is 2. The number of rotatable bonds is 5. The van der Waals surface area contributed by atoms with Crippen LogP contribution in [0, 0.1) is 30.3 Å². The van der Waals surface area contributed by atoms with Crippen LogP contribution in [0.5, 0.6) is 0 Å². The van der Waals surface area contributed by atoms with Gasteiger partial charge in [0.05, 0.1) is 11.1 Å². The molecule has 2 fully saturated rings. The molecule has 0 bridgehead atoms. The molecule has 1 saturated carbocycles. The fraction of sp³-hybridized carbons (Fsp3) is 0.409. The monoisotopic (exact) mass is 463 g/mol. The molecule has 10 heteroatoms. The highest BCUT2D eigenvalue weighted by molar-refractivity contribution is 8.00. The largest absolute Gasteiger partial charge is 0.342 e. The molecule has 168 valence electrons. The number of ketones is 1. The summed E-state index contributed by atoms with van der Waals surface area (Å²) in [5.41, 5.74) is 0.710. The molecule has 3 heterocycles. The van der Waals surface area contributed by atoms with Crippen LogP contribution >= 0.6 is 11.8 Å². The van der Waals surface area contributed by atoms with Gasteiger partial charge in [-0.3, -0.25) is 14.4 Å². The number of nitrogens with one attached hydrogen (secondary N) is 2. The number of halogens is 3. The maximum atomic E-state index is 13.6. The fourth-order valence-corrected chi connectivity index (χ4v) is 5.64. The highest BCUT2D eigenvalue weighted by Gasteiger charge is 2.50. The van der Waals surface area contributed by atoms with Crippen LogP contribution in [0.4, 0.5) is 18.9 Å². The summed E-state index contributed by atoms with van der Waals surface area (Å²) in [7, 11) is 0. The van der Waals surface area contributed by atoms with E-state index in [-0.39, 0.29) is 23.0 Å². The minimum absolute atomic E-state index is 0.0521. The van der Waals surface area contributed by atoms with Crippen molar-refractivity contribution in [2.45, 2.75) is 38.3 Å². The molecule has 2 N–H and O–H groups in total. The summed E-state index contributed by atoms with van der Waals surface area (Å²) in [5.74, 6) is -4.80. The van der Waals surface area contributed by atoms with Gasteiger partial charge >= 0.3 is 0 Å². The molecular weight excluding hydrogens is 443 g/mol. The van der Waals surface area contributed by atoms with E-state index in [1.807, 2.05) is 6.92 Å². The number of hydrogen-bond acceptors (Lipinski definition) is 4. The molecular formula is C22H20F3N3O3S. The average molecular weight is 463 g/mol. The lowest BCUT2D eigenvalue weighted by atomic mass is 10.0. The summed E-state index contributed by atoms with van der Waals surface area (Å²) in [5, 5.41) is 5.18. The van der Waals surface area contributed by atoms with Gasteiger partial charge in [-0.05, 0) is 38.2 Å². The van der Waals surface area contributed by atoms with Gasteiger partial charge in [-0.15, -0.1) is 0 Å². The number of anilines is 1. The van der Waals surface area contributed by atoms with Crippen molar-refractivity contribution < 1.29 is 27.6 Å². The Morgan fingerprint density at radius 3 is 2.41 bits per heavy atom. The molecule has 2 amide bonds. The predicted molar refractivity (Wildman–Crippen MR) is 112 cm³/mol. The number of benzene rings is 1. The second-order valence-corrected chi connectivity index (χ2v) is 9.96. The van der Waals surface area contributed by atoms with Gasteiger partial charge in [0.25, 0.3) is 17.6 Å². The summed E-state index contributed by atoms with van der Waals surface area (Å²) in [6.45, 7) is 3.46. The minimum Gasteiger partial charge on any atom is -0.342 e. The summed E-state index contributed by atoms with van der Waals surface area (Å²) >= 11 is 1.67. The van der Waals surface area contributed by atoms with Crippen LogP contribution < -0.4 is 10.6 Å². The quantitative estimate of drug-likeness (QED) is 0.405. The number of Topliss-reactive ketones (excluding diaryl/α,β-unsaturated/α-hetero) is 1. The molecule has 1 aromatic carbocycles. The zero-order chi connectivity index (χ0) is 22.9. The molecule has 2 aromatic rings. The van der Waals surface area contributed by atoms with Crippen molar-refractivity contribution in [1.82, 2.24) is 9.88 Å². The van der Waals surface area contributed by atoms with Gasteiger partial charge in [-0.1, -0.05) is 0 Å². The van der Waals surface area contributed by atoms with Gasteiger partial charge in [-0.25, -0.2) is 13.2 Å². The van der Waals surface area contributed by atoms with E-state index >= 15 is 0 Å². The molecule has 2 aliphatic heterocycles. The first kappa shape index (κ1) is 21.1. The molecule has 32 heavy (non-hydrogen) atoms. The first-order chi connectivity index (χ1) is 15.1. The number of nitrogens with zero attached hydrogens (tertiary/aromatic N) is 1. The lowest BCUT2D eigenvalue weighted by molar-refractivity contribution is -0.118. The van der Waals surface area contributed by atoms with Crippen LogP contribution in [-0.4, -0.2) is 39.2 Å². The van der Waals surface area contributed by atoms with Crippen molar-refractivity contribution in [2.75, 3.05) is 16.8 Å². The minimum atomic E-state index is -1.62. The number of aromatic nitrogens is 1. The van der Waals surface area contributed by atoms with Crippen molar-refractivity contribution in [2.24, 2.45) is 5.92 Å². The third kappa shape index (κ3) is 3.23. The number of carbonyl (C=O) groups is 3. The molecule has 0 radical (unpaired) electrons. The Balaban J connectivity index is 1.48. The van der Waals surface area contributed by atoms with Gasteiger partial charge in [0.1, 0.15) is 5.69 Å². The number of fused-ring (bicyclic) bond motifs is 3. The Bertz CT molecular complexity index is 1180. The Hall–Kier alpha value is -2.75. The lowest BCUT2D eigenvalue weighted by Gasteiger charge is -2.38. The zero-order valence-electron chi connectivity index (χ0n) is 17.4. The van der Waals surface area contributed by atoms with Crippen LogP contribution in [0.15, 0.2) is 12.1 Å². The molecule has 1 aliphatic carbocycles. The van der Waals surface area contributed by atoms with E-state index in [0.29, 0.717) is 35.7 Å². The molecule has 1 saturated heterocycles. The summed E-state index contributed by atoms with van der Waals surface area (Å²) < 4.78 is 42.1. The summed E-state index contributed by atoms with van der Waals surface area (Å²) in [4.78, 5) is 38.8. The first-order valence-corrected chi connectivity index (χ1v) is 11.4. The molecule has 2 atom stereocenters. The van der Waals surface area contributed by atoms with Crippen LogP contribution in [0.1, 0.15) is 51.5 Å².